The van der Waals surface area contributed by atoms with Crippen molar-refractivity contribution in [3.63, 3.8) is 0 Å². The van der Waals surface area contributed by atoms with Crippen molar-refractivity contribution in [3.05, 3.63) is 130 Å². The van der Waals surface area contributed by atoms with Crippen molar-refractivity contribution in [2.45, 2.75) is 52.4 Å². The van der Waals surface area contributed by atoms with Crippen molar-refractivity contribution in [1.29, 1.82) is 0 Å². The van der Waals surface area contributed by atoms with Crippen LogP contribution < -0.4 is 0 Å². The van der Waals surface area contributed by atoms with Gasteiger partial charge in [0.2, 0.25) is 0 Å². The van der Waals surface area contributed by atoms with E-state index in [0.29, 0.717) is 0 Å². The third-order valence-corrected chi connectivity index (χ3v) is 8.07. The predicted molar refractivity (Wildman–Crippen MR) is 158 cm³/mol. The highest BCUT2D eigenvalue weighted by Crippen LogP contribution is 2.56. The van der Waals surface area contributed by atoms with Gasteiger partial charge in [-0.05, 0) is 73.9 Å². The lowest BCUT2D eigenvalue weighted by atomic mass is 9.69. The number of para-hydroxylation sites is 2. The van der Waals surface area contributed by atoms with Gasteiger partial charge in [0.15, 0.2) is 0 Å². The molecular weight excluding hydrogens is 448 g/mol. The van der Waals surface area contributed by atoms with Crippen LogP contribution in [0.15, 0.2) is 107 Å². The number of hydrogen-bond donors (Lipinski definition) is 0. The molecule has 0 aliphatic heterocycles. The Morgan fingerprint density at radius 2 is 0.865 bits per heavy atom. The second-order valence-electron chi connectivity index (χ2n) is 10.5. The third-order valence-electron chi connectivity index (χ3n) is 8.07. The zero-order chi connectivity index (χ0) is 25.8. The van der Waals surface area contributed by atoms with Crippen LogP contribution in [-0.2, 0) is 0 Å². The molecule has 0 bridgehead atoms. The highest BCUT2D eigenvalue weighted by atomic mass is 14.8. The molecule has 1 fully saturated rings. The summed E-state index contributed by atoms with van der Waals surface area (Å²) in [6.07, 6.45) is 6.64. The van der Waals surface area contributed by atoms with Gasteiger partial charge < -0.3 is 0 Å². The Hall–Kier alpha value is -3.78. The summed E-state index contributed by atoms with van der Waals surface area (Å²) in [4.78, 5) is 10.5. The van der Waals surface area contributed by atoms with E-state index in [2.05, 4.69) is 137 Å². The van der Waals surface area contributed by atoms with Gasteiger partial charge in [-0.25, -0.2) is 0 Å². The van der Waals surface area contributed by atoms with Gasteiger partial charge in [-0.15, -0.1) is 0 Å². The fourth-order valence-corrected chi connectivity index (χ4v) is 6.12. The van der Waals surface area contributed by atoms with Crippen molar-refractivity contribution < 1.29 is 0 Å². The molecule has 2 heteroatoms. The third kappa shape index (κ3) is 4.93. The van der Waals surface area contributed by atoms with E-state index in [1.54, 1.807) is 0 Å². The molecule has 2 atom stereocenters. The number of aliphatic imine (C=N–C) groups is 2. The Labute approximate surface area is 221 Å². The van der Waals surface area contributed by atoms with Crippen LogP contribution in [0.2, 0.25) is 0 Å². The Balaban J connectivity index is 1.74. The van der Waals surface area contributed by atoms with E-state index in [9.17, 15) is 0 Å². The zero-order valence-electron chi connectivity index (χ0n) is 22.4. The van der Waals surface area contributed by atoms with E-state index in [1.807, 2.05) is 0 Å². The maximum atomic E-state index is 5.25. The van der Waals surface area contributed by atoms with Crippen molar-refractivity contribution in [3.8, 4) is 0 Å². The molecule has 0 radical (unpaired) electrons. The summed E-state index contributed by atoms with van der Waals surface area (Å²) in [6.45, 7) is 8.59. The van der Waals surface area contributed by atoms with E-state index in [4.69, 9.17) is 9.98 Å². The molecule has 4 aromatic carbocycles. The second kappa shape index (κ2) is 10.7. The molecule has 1 aliphatic carbocycles. The first-order chi connectivity index (χ1) is 18.0. The monoisotopic (exact) mass is 484 g/mol. The molecule has 0 heterocycles. The summed E-state index contributed by atoms with van der Waals surface area (Å²) in [5.41, 5.74) is 9.25. The molecule has 5 rings (SSSR count). The van der Waals surface area contributed by atoms with Gasteiger partial charge in [0, 0.05) is 24.3 Å². The van der Waals surface area contributed by atoms with Gasteiger partial charge in [0.05, 0.1) is 16.8 Å². The summed E-state index contributed by atoms with van der Waals surface area (Å²) >= 11 is 0. The zero-order valence-corrected chi connectivity index (χ0v) is 22.4. The van der Waals surface area contributed by atoms with Crippen LogP contribution >= 0.6 is 0 Å². The summed E-state index contributed by atoms with van der Waals surface area (Å²) in [7, 11) is 0. The molecule has 0 spiro atoms. The fourth-order valence-electron chi connectivity index (χ4n) is 6.12. The Morgan fingerprint density at radius 3 is 1.22 bits per heavy atom. The summed E-state index contributed by atoms with van der Waals surface area (Å²) in [5, 5.41) is 0. The van der Waals surface area contributed by atoms with E-state index < -0.39 is 0 Å². The lowest BCUT2D eigenvalue weighted by molar-refractivity contribution is 0.490. The topological polar surface area (TPSA) is 24.7 Å². The quantitative estimate of drug-likeness (QED) is 0.244. The minimum absolute atomic E-state index is 0.278. The van der Waals surface area contributed by atoms with Crippen molar-refractivity contribution >= 4 is 23.8 Å². The van der Waals surface area contributed by atoms with Crippen LogP contribution in [0, 0.1) is 33.1 Å². The largest absolute Gasteiger partial charge is 0.260 e. The first-order valence-corrected chi connectivity index (χ1v) is 13.3. The molecule has 1 saturated carbocycles. The molecule has 0 amide bonds. The van der Waals surface area contributed by atoms with Crippen LogP contribution in [0.1, 0.15) is 58.1 Å². The van der Waals surface area contributed by atoms with Crippen molar-refractivity contribution in [2.75, 3.05) is 0 Å². The van der Waals surface area contributed by atoms with Crippen molar-refractivity contribution in [1.82, 2.24) is 0 Å². The van der Waals surface area contributed by atoms with Crippen LogP contribution in [0.5, 0.6) is 0 Å². The molecule has 0 N–H and O–H groups in total. The Morgan fingerprint density at radius 1 is 0.514 bits per heavy atom. The second-order valence-corrected chi connectivity index (χ2v) is 10.5. The highest BCUT2D eigenvalue weighted by molar-refractivity contribution is 5.95. The lowest BCUT2D eigenvalue weighted by Gasteiger charge is -2.35. The molecule has 4 aromatic rings. The van der Waals surface area contributed by atoms with Crippen LogP contribution in [0.4, 0.5) is 11.4 Å². The summed E-state index contributed by atoms with van der Waals surface area (Å²) < 4.78 is 0. The predicted octanol–water partition coefficient (Wildman–Crippen LogP) is 9.37. The number of nitrogens with zero attached hydrogens (tertiary/aromatic N) is 2. The van der Waals surface area contributed by atoms with Gasteiger partial charge in [-0.1, -0.05) is 97.1 Å². The average Bonchev–Trinajstić information content (AvgIpc) is 3.28. The van der Waals surface area contributed by atoms with Gasteiger partial charge in [0.1, 0.15) is 0 Å². The average molecular weight is 485 g/mol. The van der Waals surface area contributed by atoms with E-state index in [1.165, 1.54) is 33.4 Å². The first kappa shape index (κ1) is 24.9. The van der Waals surface area contributed by atoms with Gasteiger partial charge in [0.25, 0.3) is 0 Å². The molecule has 186 valence electrons. The van der Waals surface area contributed by atoms with E-state index >= 15 is 0 Å². The molecule has 1 aliphatic rings. The van der Waals surface area contributed by atoms with E-state index in [0.717, 1.165) is 24.2 Å². The lowest BCUT2D eigenvalue weighted by Crippen LogP contribution is -2.33. The van der Waals surface area contributed by atoms with Gasteiger partial charge in [-0.2, -0.15) is 0 Å². The Bertz CT molecular complexity index is 1270. The number of aryl methyl sites for hydroxylation is 4. The van der Waals surface area contributed by atoms with Crippen molar-refractivity contribution in [2.24, 2.45) is 15.4 Å². The van der Waals surface area contributed by atoms with Crippen LogP contribution in [0.25, 0.3) is 0 Å². The van der Waals surface area contributed by atoms with Crippen LogP contribution in [-0.4, -0.2) is 12.4 Å². The van der Waals surface area contributed by atoms with Gasteiger partial charge in [-0.3, -0.25) is 9.98 Å². The maximum absolute atomic E-state index is 5.25. The molecule has 0 aromatic heterocycles. The maximum Gasteiger partial charge on any atom is 0.0684 e. The molecule has 37 heavy (non-hydrogen) atoms. The molecule has 2 nitrogen and oxygen atoms in total. The molecule has 0 saturated heterocycles. The fraction of sp³-hybridized carbons (Fsp3) is 0.257. The number of hydrogen-bond acceptors (Lipinski definition) is 2. The first-order valence-electron chi connectivity index (χ1n) is 13.3. The highest BCUT2D eigenvalue weighted by Gasteiger charge is 2.49. The minimum Gasteiger partial charge on any atom is -0.260 e. The number of rotatable bonds is 6. The number of benzene rings is 4. The minimum atomic E-state index is -0.369. The van der Waals surface area contributed by atoms with Gasteiger partial charge >= 0.3 is 0 Å². The normalized spacial score (nSPS) is 19.1. The Kier molecular flexibility index (Phi) is 7.19. The summed E-state index contributed by atoms with van der Waals surface area (Å²) in [5.74, 6) is 0.556. The standard InChI is InChI=1S/C35H36N2/c1-25-13-11-14-26(2)33(25)36-23-35(24-37-34-27(3)15-12-16-28(34)4)31(29-17-7-5-8-18-29)21-22-32(35)30-19-9-6-10-20-30/h5-20,23-24,31-32H,21-22H2,1-4H3/t31-,32-/m1/s1. The van der Waals surface area contributed by atoms with Crippen LogP contribution in [0.3, 0.4) is 0 Å². The smallest absolute Gasteiger partial charge is 0.0684 e. The SMILES string of the molecule is Cc1cccc(C)c1N=CC1(C=Nc2c(C)cccc2C)[C@@H](c2ccccc2)CC[C@@H]1c1ccccc1. The molecule has 0 unspecified atom stereocenters. The summed E-state index contributed by atoms with van der Waals surface area (Å²) in [6, 6.07) is 34.7. The molecular formula is C35H36N2. The van der Waals surface area contributed by atoms with E-state index in [-0.39, 0.29) is 17.3 Å².